The first-order valence-corrected chi connectivity index (χ1v) is 11.9. The molecule has 2 aromatic carbocycles. The number of sulfonamides is 1. The Hall–Kier alpha value is -2.62. The lowest BCUT2D eigenvalue weighted by molar-refractivity contribution is -0.117. The third-order valence-electron chi connectivity index (χ3n) is 5.03. The van der Waals surface area contributed by atoms with Gasteiger partial charge in [0.1, 0.15) is 0 Å². The van der Waals surface area contributed by atoms with Crippen molar-refractivity contribution in [1.82, 2.24) is 4.31 Å². The number of urea groups is 1. The molecule has 0 saturated carbocycles. The molecule has 2 N–H and O–H groups in total. The molecule has 0 unspecified atom stereocenters. The van der Waals surface area contributed by atoms with Crippen LogP contribution in [0.4, 0.5) is 21.9 Å². The zero-order valence-electron chi connectivity index (χ0n) is 17.4. The maximum atomic E-state index is 13.0. The molecule has 0 bridgehead atoms. The maximum Gasteiger partial charge on any atom is 0.323 e. The largest absolute Gasteiger partial charge is 0.323 e. The number of nitrogens with one attached hydrogen (secondary N) is 2. The fourth-order valence-corrected chi connectivity index (χ4v) is 5.06. The van der Waals surface area contributed by atoms with Crippen molar-refractivity contribution in [3.05, 3.63) is 47.5 Å². The Morgan fingerprint density at radius 2 is 1.77 bits per heavy atom. The fraction of sp³-hybridized carbons (Fsp3) is 0.333. The molecule has 8 nitrogen and oxygen atoms in total. The number of carbonyl (C=O) groups excluding carboxylic acids is 2. The minimum absolute atomic E-state index is 0.0494. The molecule has 1 aliphatic heterocycles. The number of carbonyl (C=O) groups is 2. The third-order valence-corrected chi connectivity index (χ3v) is 7.32. The van der Waals surface area contributed by atoms with E-state index in [-0.39, 0.29) is 16.5 Å². The van der Waals surface area contributed by atoms with Crippen molar-refractivity contribution >= 4 is 50.6 Å². The molecule has 1 heterocycles. The van der Waals surface area contributed by atoms with Crippen LogP contribution < -0.4 is 15.5 Å². The minimum Gasteiger partial charge on any atom is -0.310 e. The first-order valence-electron chi connectivity index (χ1n) is 10.0. The van der Waals surface area contributed by atoms with E-state index in [0.29, 0.717) is 48.9 Å². The lowest BCUT2D eigenvalue weighted by atomic mass is 10.2. The molecule has 3 rings (SSSR count). The van der Waals surface area contributed by atoms with Gasteiger partial charge in [-0.3, -0.25) is 4.79 Å². The molecule has 10 heteroatoms. The highest BCUT2D eigenvalue weighted by molar-refractivity contribution is 7.89. The third kappa shape index (κ3) is 5.17. The quantitative estimate of drug-likeness (QED) is 0.643. The van der Waals surface area contributed by atoms with Crippen LogP contribution in [0.2, 0.25) is 5.02 Å². The predicted octanol–water partition coefficient (Wildman–Crippen LogP) is 4.14. The molecule has 1 saturated heterocycles. The Morgan fingerprint density at radius 3 is 2.35 bits per heavy atom. The van der Waals surface area contributed by atoms with E-state index in [1.165, 1.54) is 16.4 Å². The lowest BCUT2D eigenvalue weighted by Crippen LogP contribution is -2.31. The van der Waals surface area contributed by atoms with E-state index in [2.05, 4.69) is 10.6 Å². The SMILES string of the molecule is CCN(CC)S(=O)(=O)c1ccc(N2CCCC2=O)c(NC(=O)Nc2ccc(Cl)cc2)c1. The summed E-state index contributed by atoms with van der Waals surface area (Å²) in [6.07, 6.45) is 1.12. The topological polar surface area (TPSA) is 98.8 Å². The standard InChI is InChI=1S/C21H25ClN4O4S/c1-3-25(4-2)31(29,30)17-11-12-19(26-13-5-6-20(26)27)18(14-17)24-21(28)23-16-9-7-15(22)8-10-16/h7-12,14H,3-6,13H2,1-2H3,(H2,23,24,28). The average Bonchev–Trinajstić information content (AvgIpc) is 3.16. The molecule has 0 aromatic heterocycles. The summed E-state index contributed by atoms with van der Waals surface area (Å²) in [5, 5.41) is 5.91. The van der Waals surface area contributed by atoms with Crippen LogP contribution in [0.5, 0.6) is 0 Å². The summed E-state index contributed by atoms with van der Waals surface area (Å²) in [5.41, 5.74) is 1.23. The molecule has 0 aliphatic carbocycles. The van der Waals surface area contributed by atoms with Crippen molar-refractivity contribution in [3.8, 4) is 0 Å². The minimum atomic E-state index is -3.73. The van der Waals surface area contributed by atoms with Gasteiger partial charge >= 0.3 is 6.03 Å². The zero-order valence-corrected chi connectivity index (χ0v) is 19.0. The lowest BCUT2D eigenvalue weighted by Gasteiger charge is -2.23. The first-order chi connectivity index (χ1) is 14.8. The van der Waals surface area contributed by atoms with Gasteiger partial charge < -0.3 is 15.5 Å². The number of anilines is 3. The molecule has 166 valence electrons. The van der Waals surface area contributed by atoms with Crippen molar-refractivity contribution in [1.29, 1.82) is 0 Å². The van der Waals surface area contributed by atoms with Crippen LogP contribution in [0, 0.1) is 0 Å². The number of hydrogen-bond donors (Lipinski definition) is 2. The molecule has 3 amide bonds. The highest BCUT2D eigenvalue weighted by Crippen LogP contribution is 2.33. The average molecular weight is 465 g/mol. The summed E-state index contributed by atoms with van der Waals surface area (Å²) >= 11 is 5.87. The summed E-state index contributed by atoms with van der Waals surface area (Å²) in [4.78, 5) is 26.5. The van der Waals surface area contributed by atoms with Crippen molar-refractivity contribution in [3.63, 3.8) is 0 Å². The van der Waals surface area contributed by atoms with Crippen LogP contribution in [0.1, 0.15) is 26.7 Å². The molecule has 0 spiro atoms. The van der Waals surface area contributed by atoms with E-state index in [1.54, 1.807) is 49.1 Å². The second-order valence-corrected chi connectivity index (χ2v) is 9.38. The molecular formula is C21H25ClN4O4S. The highest BCUT2D eigenvalue weighted by atomic mass is 35.5. The summed E-state index contributed by atoms with van der Waals surface area (Å²) in [6, 6.07) is 10.4. The summed E-state index contributed by atoms with van der Waals surface area (Å²) in [6.45, 7) is 4.68. The number of rotatable bonds is 7. The highest BCUT2D eigenvalue weighted by Gasteiger charge is 2.28. The van der Waals surface area contributed by atoms with E-state index in [0.717, 1.165) is 0 Å². The second-order valence-electron chi connectivity index (χ2n) is 7.00. The Bertz CT molecular complexity index is 1070. The van der Waals surface area contributed by atoms with E-state index in [1.807, 2.05) is 0 Å². The van der Waals surface area contributed by atoms with Crippen LogP contribution in [0.3, 0.4) is 0 Å². The number of amides is 3. The van der Waals surface area contributed by atoms with Gasteiger partial charge in [0.05, 0.1) is 16.3 Å². The van der Waals surface area contributed by atoms with Gasteiger partial charge in [-0.05, 0) is 48.9 Å². The van der Waals surface area contributed by atoms with Gasteiger partial charge in [-0.2, -0.15) is 4.31 Å². The van der Waals surface area contributed by atoms with Crippen molar-refractivity contribution in [2.24, 2.45) is 0 Å². The number of benzene rings is 2. The van der Waals surface area contributed by atoms with E-state index in [4.69, 9.17) is 11.6 Å². The molecular weight excluding hydrogens is 440 g/mol. The van der Waals surface area contributed by atoms with Gasteiger partial charge in [0.15, 0.2) is 0 Å². The van der Waals surface area contributed by atoms with Gasteiger partial charge in [0.2, 0.25) is 15.9 Å². The van der Waals surface area contributed by atoms with Gasteiger partial charge in [0, 0.05) is 36.8 Å². The van der Waals surface area contributed by atoms with Gasteiger partial charge in [0.25, 0.3) is 0 Å². The number of hydrogen-bond acceptors (Lipinski definition) is 4. The van der Waals surface area contributed by atoms with Crippen LogP contribution in [0.25, 0.3) is 0 Å². The second kappa shape index (κ2) is 9.67. The Labute approximate surface area is 187 Å². The van der Waals surface area contributed by atoms with E-state index in [9.17, 15) is 18.0 Å². The fourth-order valence-electron chi connectivity index (χ4n) is 3.44. The monoisotopic (exact) mass is 464 g/mol. The van der Waals surface area contributed by atoms with Crippen molar-refractivity contribution in [2.75, 3.05) is 35.2 Å². The summed E-state index contributed by atoms with van der Waals surface area (Å²) < 4.78 is 27.2. The van der Waals surface area contributed by atoms with Crippen LogP contribution in [0.15, 0.2) is 47.4 Å². The zero-order chi connectivity index (χ0) is 22.6. The van der Waals surface area contributed by atoms with E-state index < -0.39 is 16.1 Å². The Balaban J connectivity index is 1.95. The molecule has 1 fully saturated rings. The normalized spacial score (nSPS) is 14.2. The summed E-state index contributed by atoms with van der Waals surface area (Å²) in [5.74, 6) is -0.0690. The number of halogens is 1. The Kier molecular flexibility index (Phi) is 7.19. The van der Waals surface area contributed by atoms with Gasteiger partial charge in [-0.25, -0.2) is 13.2 Å². The van der Waals surface area contributed by atoms with Crippen LogP contribution in [-0.4, -0.2) is 44.3 Å². The smallest absolute Gasteiger partial charge is 0.310 e. The predicted molar refractivity (Wildman–Crippen MR) is 122 cm³/mol. The van der Waals surface area contributed by atoms with Crippen molar-refractivity contribution < 1.29 is 18.0 Å². The van der Waals surface area contributed by atoms with Gasteiger partial charge in [-0.15, -0.1) is 0 Å². The molecule has 2 aromatic rings. The van der Waals surface area contributed by atoms with Crippen LogP contribution >= 0.6 is 11.6 Å². The maximum absolute atomic E-state index is 13.0. The Morgan fingerprint density at radius 1 is 1.10 bits per heavy atom. The molecule has 0 atom stereocenters. The van der Waals surface area contributed by atoms with Crippen LogP contribution in [-0.2, 0) is 14.8 Å². The molecule has 31 heavy (non-hydrogen) atoms. The van der Waals surface area contributed by atoms with Gasteiger partial charge in [-0.1, -0.05) is 25.4 Å². The first kappa shape index (κ1) is 23.1. The number of nitrogens with zero attached hydrogens (tertiary/aromatic N) is 2. The van der Waals surface area contributed by atoms with Crippen molar-refractivity contribution in [2.45, 2.75) is 31.6 Å². The summed E-state index contributed by atoms with van der Waals surface area (Å²) in [7, 11) is -3.73. The van der Waals surface area contributed by atoms with E-state index >= 15 is 0 Å². The molecule has 0 radical (unpaired) electrons. The molecule has 1 aliphatic rings.